The molecule has 3 atom stereocenters. The molecule has 0 aliphatic carbocycles. The highest BCUT2D eigenvalue weighted by Crippen LogP contribution is 2.17. The van der Waals surface area contributed by atoms with Gasteiger partial charge in [-0.25, -0.2) is 4.79 Å². The zero-order chi connectivity index (χ0) is 35.5. The summed E-state index contributed by atoms with van der Waals surface area (Å²) in [5.41, 5.74) is 15.0. The van der Waals surface area contributed by atoms with E-state index < -0.39 is 54.8 Å². The van der Waals surface area contributed by atoms with Crippen LogP contribution in [0, 0.1) is 0 Å². The van der Waals surface area contributed by atoms with Gasteiger partial charge in [0.05, 0.1) is 19.1 Å². The molecule has 0 heterocycles. The first-order chi connectivity index (χ1) is 22.9. The first-order valence-electron chi connectivity index (χ1n) is 15.5. The molecule has 4 amide bonds. The van der Waals surface area contributed by atoms with E-state index in [0.717, 1.165) is 16.7 Å². The van der Waals surface area contributed by atoms with Crippen molar-refractivity contribution in [1.82, 2.24) is 21.3 Å². The summed E-state index contributed by atoms with van der Waals surface area (Å²) in [6.45, 7) is 6.67. The number of carboxylic acids is 1. The summed E-state index contributed by atoms with van der Waals surface area (Å²) in [6.07, 6.45) is 6.30. The zero-order valence-electron chi connectivity index (χ0n) is 27.4. The summed E-state index contributed by atoms with van der Waals surface area (Å²) in [4.78, 5) is 61.6. The molecule has 0 radical (unpaired) electrons. The molecule has 2 aromatic carbocycles. The summed E-state index contributed by atoms with van der Waals surface area (Å²) in [5, 5.41) is 19.2. The van der Waals surface area contributed by atoms with E-state index in [1.165, 1.54) is 0 Å². The van der Waals surface area contributed by atoms with Crippen molar-refractivity contribution in [2.75, 3.05) is 26.2 Å². The molecule has 0 saturated carbocycles. The Hall–Kier alpha value is -5.27. The summed E-state index contributed by atoms with van der Waals surface area (Å²) in [6, 6.07) is 13.8. The zero-order valence-corrected chi connectivity index (χ0v) is 27.4. The van der Waals surface area contributed by atoms with E-state index in [1.54, 1.807) is 37.3 Å². The number of aliphatic carboxylic acids is 1. The maximum atomic E-state index is 13.2. The molecule has 48 heavy (non-hydrogen) atoms. The lowest BCUT2D eigenvalue weighted by atomic mass is 10.0. The minimum absolute atomic E-state index is 0.0316. The Labute approximate surface area is 280 Å². The van der Waals surface area contributed by atoms with Crippen LogP contribution in [0.3, 0.4) is 0 Å². The topological polar surface area (TPSA) is 215 Å². The second-order valence-corrected chi connectivity index (χ2v) is 11.1. The highest BCUT2D eigenvalue weighted by atomic mass is 16.5. The average molecular weight is 663 g/mol. The Balaban J connectivity index is 2.08. The van der Waals surface area contributed by atoms with Gasteiger partial charge in [-0.15, -0.1) is 0 Å². The van der Waals surface area contributed by atoms with Crippen LogP contribution in [-0.4, -0.2) is 79.1 Å². The lowest BCUT2D eigenvalue weighted by Crippen LogP contribution is -2.54. The SMILES string of the molecule is C=C/C(=C\C=C(/C)CC(N)C(=O)NC(Cc1ccc(OCC(=O)O)cc1)C(=O)NCC(=O)NCC(=O)NC(C)CCN)c1ccccc1. The lowest BCUT2D eigenvalue weighted by Gasteiger charge is -2.21. The number of hydrogen-bond acceptors (Lipinski definition) is 8. The van der Waals surface area contributed by atoms with E-state index in [-0.39, 0.29) is 25.4 Å². The van der Waals surface area contributed by atoms with Crippen LogP contribution in [0.1, 0.15) is 37.8 Å². The third-order valence-corrected chi connectivity index (χ3v) is 6.99. The molecule has 13 nitrogen and oxygen atoms in total. The number of carbonyl (C=O) groups is 5. The number of rotatable bonds is 20. The van der Waals surface area contributed by atoms with Gasteiger partial charge in [-0.1, -0.05) is 72.8 Å². The predicted molar refractivity (Wildman–Crippen MR) is 183 cm³/mol. The molecule has 258 valence electrons. The van der Waals surface area contributed by atoms with Crippen molar-refractivity contribution in [1.29, 1.82) is 0 Å². The third kappa shape index (κ3) is 14.9. The van der Waals surface area contributed by atoms with E-state index in [2.05, 4.69) is 27.8 Å². The van der Waals surface area contributed by atoms with Crippen LogP contribution < -0.4 is 37.5 Å². The number of ether oxygens (including phenoxy) is 1. The molecule has 0 fully saturated rings. The monoisotopic (exact) mass is 662 g/mol. The minimum atomic E-state index is -1.13. The molecule has 3 unspecified atom stereocenters. The van der Waals surface area contributed by atoms with Gasteiger partial charge in [0.25, 0.3) is 0 Å². The molecule has 0 saturated heterocycles. The smallest absolute Gasteiger partial charge is 0.341 e. The van der Waals surface area contributed by atoms with Crippen molar-refractivity contribution in [2.45, 2.75) is 51.2 Å². The number of benzene rings is 2. The fraction of sp³-hybridized carbons (Fsp3) is 0.343. The molecule has 0 bridgehead atoms. The van der Waals surface area contributed by atoms with Crippen molar-refractivity contribution < 1.29 is 33.8 Å². The lowest BCUT2D eigenvalue weighted by molar-refractivity contribution is -0.139. The molecular formula is C35H46N6O7. The number of hydrogen-bond donors (Lipinski definition) is 7. The van der Waals surface area contributed by atoms with Crippen molar-refractivity contribution in [3.05, 3.63) is 96.1 Å². The van der Waals surface area contributed by atoms with Crippen LogP contribution in [0.5, 0.6) is 5.75 Å². The Kier molecular flexibility index (Phi) is 16.8. The van der Waals surface area contributed by atoms with E-state index in [9.17, 15) is 24.0 Å². The van der Waals surface area contributed by atoms with Gasteiger partial charge in [0.2, 0.25) is 23.6 Å². The van der Waals surface area contributed by atoms with Gasteiger partial charge in [-0.05, 0) is 62.1 Å². The van der Waals surface area contributed by atoms with Crippen LogP contribution in [0.2, 0.25) is 0 Å². The van der Waals surface area contributed by atoms with Crippen molar-refractivity contribution in [3.63, 3.8) is 0 Å². The molecule has 2 rings (SSSR count). The number of nitrogens with two attached hydrogens (primary N) is 2. The molecule has 0 aromatic heterocycles. The predicted octanol–water partition coefficient (Wildman–Crippen LogP) is 1.20. The number of amides is 4. The molecule has 9 N–H and O–H groups in total. The second kappa shape index (κ2) is 20.8. The average Bonchev–Trinajstić information content (AvgIpc) is 3.06. The minimum Gasteiger partial charge on any atom is -0.482 e. The van der Waals surface area contributed by atoms with E-state index >= 15 is 0 Å². The van der Waals surface area contributed by atoms with Crippen LogP contribution in [0.4, 0.5) is 0 Å². The summed E-state index contributed by atoms with van der Waals surface area (Å²) >= 11 is 0. The third-order valence-electron chi connectivity index (χ3n) is 6.99. The maximum Gasteiger partial charge on any atom is 0.341 e. The number of allylic oxidation sites excluding steroid dienone is 4. The van der Waals surface area contributed by atoms with E-state index in [4.69, 9.17) is 21.3 Å². The van der Waals surface area contributed by atoms with Gasteiger partial charge in [0, 0.05) is 12.5 Å². The van der Waals surface area contributed by atoms with Gasteiger partial charge in [-0.2, -0.15) is 0 Å². The fourth-order valence-electron chi connectivity index (χ4n) is 4.42. The summed E-state index contributed by atoms with van der Waals surface area (Å²) < 4.78 is 5.15. The van der Waals surface area contributed by atoms with E-state index in [0.29, 0.717) is 24.3 Å². The Morgan fingerprint density at radius 1 is 0.917 bits per heavy atom. The largest absolute Gasteiger partial charge is 0.482 e. The highest BCUT2D eigenvalue weighted by Gasteiger charge is 2.25. The van der Waals surface area contributed by atoms with Crippen LogP contribution >= 0.6 is 0 Å². The van der Waals surface area contributed by atoms with Crippen LogP contribution in [-0.2, 0) is 30.4 Å². The van der Waals surface area contributed by atoms with Crippen LogP contribution in [0.25, 0.3) is 5.57 Å². The summed E-state index contributed by atoms with van der Waals surface area (Å²) in [5.74, 6) is -3.03. The Morgan fingerprint density at radius 3 is 2.21 bits per heavy atom. The standard InChI is InChI=1S/C35H46N6O7/c1-4-26(27-8-6-5-7-9-27)13-10-23(2)18-29(37)34(46)41-30(19-25-11-14-28(15-12-25)48-22-33(44)45)35(47)39-20-31(42)38-21-32(43)40-24(3)16-17-36/h4-15,24,29-30H,1,16-22,36-37H2,2-3H3,(H,38,42)(H,39,47)(H,40,43)(H,41,46)(H,44,45)/b23-10+,26-13+. The molecule has 0 aliphatic rings. The van der Waals surface area contributed by atoms with Crippen molar-refractivity contribution >= 4 is 35.2 Å². The Morgan fingerprint density at radius 2 is 1.58 bits per heavy atom. The van der Waals surface area contributed by atoms with Crippen LogP contribution in [0.15, 0.2) is 85.0 Å². The van der Waals surface area contributed by atoms with Gasteiger partial charge in [-0.3, -0.25) is 19.2 Å². The molecule has 13 heteroatoms. The quantitative estimate of drug-likeness (QED) is 0.101. The van der Waals surface area contributed by atoms with Crippen molar-refractivity contribution in [2.24, 2.45) is 11.5 Å². The van der Waals surface area contributed by atoms with Crippen molar-refractivity contribution in [3.8, 4) is 5.75 Å². The Bertz CT molecular complexity index is 1460. The first-order valence-corrected chi connectivity index (χ1v) is 15.5. The van der Waals surface area contributed by atoms with Gasteiger partial charge in [0.1, 0.15) is 11.8 Å². The molecule has 2 aromatic rings. The van der Waals surface area contributed by atoms with Gasteiger partial charge in [0.15, 0.2) is 6.61 Å². The maximum absolute atomic E-state index is 13.2. The van der Waals surface area contributed by atoms with E-state index in [1.807, 2.05) is 49.4 Å². The van der Waals surface area contributed by atoms with Gasteiger partial charge < -0.3 is 42.6 Å². The fourth-order valence-corrected chi connectivity index (χ4v) is 4.42. The van der Waals surface area contributed by atoms with Gasteiger partial charge >= 0.3 is 5.97 Å². The number of carbonyl (C=O) groups excluding carboxylic acids is 4. The summed E-state index contributed by atoms with van der Waals surface area (Å²) in [7, 11) is 0. The first kappa shape index (κ1) is 38.9. The highest BCUT2D eigenvalue weighted by molar-refractivity contribution is 5.93. The second-order valence-electron chi connectivity index (χ2n) is 11.1. The normalized spacial score (nSPS) is 13.3. The molecule has 0 spiro atoms. The number of nitrogens with one attached hydrogen (secondary N) is 4. The molecular weight excluding hydrogens is 616 g/mol. The molecule has 0 aliphatic heterocycles. The number of carboxylic acid groups (broad SMARTS) is 1.